The van der Waals surface area contributed by atoms with Crippen LogP contribution in [-0.2, 0) is 0 Å². The first kappa shape index (κ1) is 15.5. The van der Waals surface area contributed by atoms with Gasteiger partial charge in [-0.15, -0.1) is 7.92 Å². The highest BCUT2D eigenvalue weighted by molar-refractivity contribution is 7.59. The maximum Gasteiger partial charge on any atom is -0.0207 e. The van der Waals surface area contributed by atoms with Gasteiger partial charge in [-0.2, -0.15) is 0 Å². The fraction of sp³-hybridized carbons (Fsp3) is 1.00. The van der Waals surface area contributed by atoms with Gasteiger partial charge in [0.05, 0.1) is 0 Å². The Morgan fingerprint density at radius 3 is 1.82 bits per heavy atom. The summed E-state index contributed by atoms with van der Waals surface area (Å²) in [5.41, 5.74) is 2.29. The van der Waals surface area contributed by atoms with Gasteiger partial charge in [0.2, 0.25) is 0 Å². The molecule has 102 valence electrons. The summed E-state index contributed by atoms with van der Waals surface area (Å²) in [7, 11) is 0.400. The van der Waals surface area contributed by atoms with Crippen molar-refractivity contribution in [2.24, 2.45) is 0 Å². The largest absolute Gasteiger partial charge is 0.100 e. The molecule has 17 heavy (non-hydrogen) atoms. The van der Waals surface area contributed by atoms with Crippen LogP contribution in [0.2, 0.25) is 0 Å². The van der Waals surface area contributed by atoms with E-state index in [0.29, 0.717) is 7.92 Å². The molecule has 2 atom stereocenters. The Kier molecular flexibility index (Phi) is 8.54. The number of rotatable bonds is 9. The predicted molar refractivity (Wildman–Crippen MR) is 82.6 cm³/mol. The topological polar surface area (TPSA) is 0 Å². The molecule has 0 amide bonds. The molecule has 1 rings (SSSR count). The molecular formula is C16H33P. The first-order chi connectivity index (χ1) is 8.33. The molecule has 1 fully saturated rings. The zero-order valence-corrected chi connectivity index (χ0v) is 13.3. The van der Waals surface area contributed by atoms with Crippen molar-refractivity contribution in [1.29, 1.82) is 0 Å². The summed E-state index contributed by atoms with van der Waals surface area (Å²) >= 11 is 0. The smallest absolute Gasteiger partial charge is 0.0207 e. The summed E-state index contributed by atoms with van der Waals surface area (Å²) in [5, 5.41) is 0. The zero-order chi connectivity index (χ0) is 12.5. The van der Waals surface area contributed by atoms with Gasteiger partial charge in [-0.05, 0) is 49.6 Å². The molecule has 0 spiro atoms. The Morgan fingerprint density at radius 1 is 0.765 bits per heavy atom. The van der Waals surface area contributed by atoms with E-state index < -0.39 is 0 Å². The minimum absolute atomic E-state index is 0.400. The Balaban J connectivity index is 2.35. The third kappa shape index (κ3) is 5.29. The molecule has 1 aliphatic heterocycles. The van der Waals surface area contributed by atoms with Crippen LogP contribution in [0, 0.1) is 0 Å². The second-order valence-corrected chi connectivity index (χ2v) is 8.70. The second kappa shape index (κ2) is 9.37. The monoisotopic (exact) mass is 256 g/mol. The molecule has 0 aromatic carbocycles. The highest BCUT2D eigenvalue weighted by Crippen LogP contribution is 2.58. The van der Waals surface area contributed by atoms with Gasteiger partial charge in [-0.25, -0.2) is 0 Å². The lowest BCUT2D eigenvalue weighted by atomic mass is 10.1. The van der Waals surface area contributed by atoms with E-state index in [1.165, 1.54) is 51.4 Å². The number of hydrogen-bond donors (Lipinski definition) is 0. The summed E-state index contributed by atoms with van der Waals surface area (Å²) in [6.07, 6.45) is 16.5. The molecule has 0 bridgehead atoms. The lowest BCUT2D eigenvalue weighted by Crippen LogP contribution is -2.07. The van der Waals surface area contributed by atoms with Crippen molar-refractivity contribution in [3.8, 4) is 0 Å². The standard InChI is InChI=1S/C16H33P/c1-4-7-8-9-14-17-15(10-5-2)12-13-16(17)11-6-3/h15-16H,4-14H2,1-3H3. The number of hydrogen-bond acceptors (Lipinski definition) is 0. The maximum absolute atomic E-state index is 2.37. The Bertz CT molecular complexity index is 164. The van der Waals surface area contributed by atoms with E-state index in [4.69, 9.17) is 0 Å². The molecule has 1 saturated heterocycles. The summed E-state index contributed by atoms with van der Waals surface area (Å²) in [5.74, 6) is 0. The Labute approximate surface area is 111 Å². The third-order valence-electron chi connectivity index (χ3n) is 4.28. The van der Waals surface area contributed by atoms with Crippen molar-refractivity contribution in [3.05, 3.63) is 0 Å². The van der Waals surface area contributed by atoms with E-state index in [1.54, 1.807) is 19.0 Å². The quantitative estimate of drug-likeness (QED) is 0.341. The van der Waals surface area contributed by atoms with E-state index in [2.05, 4.69) is 20.8 Å². The molecule has 0 N–H and O–H groups in total. The average molecular weight is 256 g/mol. The molecule has 0 saturated carbocycles. The van der Waals surface area contributed by atoms with Crippen molar-refractivity contribution in [2.45, 2.75) is 96.3 Å². The summed E-state index contributed by atoms with van der Waals surface area (Å²) in [6.45, 7) is 7.07. The van der Waals surface area contributed by atoms with E-state index in [9.17, 15) is 0 Å². The first-order valence-electron chi connectivity index (χ1n) is 8.09. The normalized spacial score (nSPS) is 28.8. The van der Waals surface area contributed by atoms with Gasteiger partial charge in [0.1, 0.15) is 0 Å². The summed E-state index contributed by atoms with van der Waals surface area (Å²) in [4.78, 5) is 0. The Morgan fingerprint density at radius 2 is 1.35 bits per heavy atom. The fourth-order valence-electron chi connectivity index (χ4n) is 3.39. The van der Waals surface area contributed by atoms with Crippen LogP contribution in [0.5, 0.6) is 0 Å². The number of unbranched alkanes of at least 4 members (excludes halogenated alkanes) is 3. The van der Waals surface area contributed by atoms with E-state index >= 15 is 0 Å². The Hall–Kier alpha value is 0.430. The maximum atomic E-state index is 2.37. The summed E-state index contributed by atoms with van der Waals surface area (Å²) in [6, 6.07) is 0. The van der Waals surface area contributed by atoms with E-state index in [1.807, 2.05) is 0 Å². The first-order valence-corrected chi connectivity index (χ1v) is 9.75. The van der Waals surface area contributed by atoms with Crippen molar-refractivity contribution in [1.82, 2.24) is 0 Å². The predicted octanol–water partition coefficient (Wildman–Crippen LogP) is 6.18. The van der Waals surface area contributed by atoms with Crippen molar-refractivity contribution >= 4 is 7.92 Å². The van der Waals surface area contributed by atoms with Crippen LogP contribution in [0.4, 0.5) is 0 Å². The summed E-state index contributed by atoms with van der Waals surface area (Å²) < 4.78 is 0. The van der Waals surface area contributed by atoms with E-state index in [-0.39, 0.29) is 0 Å². The molecule has 1 heterocycles. The lowest BCUT2D eigenvalue weighted by Gasteiger charge is -2.25. The lowest BCUT2D eigenvalue weighted by molar-refractivity contribution is 0.649. The van der Waals surface area contributed by atoms with Crippen LogP contribution in [0.3, 0.4) is 0 Å². The van der Waals surface area contributed by atoms with Gasteiger partial charge >= 0.3 is 0 Å². The molecule has 0 radical (unpaired) electrons. The minimum Gasteiger partial charge on any atom is -0.100 e. The van der Waals surface area contributed by atoms with Gasteiger partial charge in [-0.1, -0.05) is 52.9 Å². The van der Waals surface area contributed by atoms with E-state index in [0.717, 1.165) is 11.3 Å². The van der Waals surface area contributed by atoms with Gasteiger partial charge < -0.3 is 0 Å². The van der Waals surface area contributed by atoms with Crippen LogP contribution < -0.4 is 0 Å². The van der Waals surface area contributed by atoms with Crippen LogP contribution in [-0.4, -0.2) is 17.5 Å². The molecule has 0 aliphatic carbocycles. The SMILES string of the molecule is CCCCCCP1C(CCC)CCC1CCC. The highest BCUT2D eigenvalue weighted by atomic mass is 31.1. The van der Waals surface area contributed by atoms with Crippen LogP contribution in [0.25, 0.3) is 0 Å². The zero-order valence-electron chi connectivity index (χ0n) is 12.4. The molecular weight excluding hydrogens is 223 g/mol. The molecule has 1 aliphatic rings. The molecule has 0 nitrogen and oxygen atoms in total. The molecule has 0 aromatic heterocycles. The molecule has 0 aromatic rings. The van der Waals surface area contributed by atoms with Gasteiger partial charge in [-0.3, -0.25) is 0 Å². The van der Waals surface area contributed by atoms with Gasteiger partial charge in [0.15, 0.2) is 0 Å². The van der Waals surface area contributed by atoms with Gasteiger partial charge in [0.25, 0.3) is 0 Å². The molecule has 1 heteroatoms. The third-order valence-corrected chi connectivity index (χ3v) is 8.03. The van der Waals surface area contributed by atoms with Crippen molar-refractivity contribution in [3.63, 3.8) is 0 Å². The van der Waals surface area contributed by atoms with Crippen LogP contribution in [0.1, 0.15) is 85.0 Å². The highest BCUT2D eigenvalue weighted by Gasteiger charge is 2.33. The molecule has 2 unspecified atom stereocenters. The van der Waals surface area contributed by atoms with Crippen LogP contribution in [0.15, 0.2) is 0 Å². The van der Waals surface area contributed by atoms with Crippen molar-refractivity contribution < 1.29 is 0 Å². The fourth-order valence-corrected chi connectivity index (χ4v) is 7.44. The second-order valence-electron chi connectivity index (χ2n) is 5.76. The average Bonchev–Trinajstić information content (AvgIpc) is 2.69. The van der Waals surface area contributed by atoms with Crippen molar-refractivity contribution in [2.75, 3.05) is 6.16 Å². The van der Waals surface area contributed by atoms with Crippen LogP contribution >= 0.6 is 7.92 Å². The minimum atomic E-state index is 0.400. The van der Waals surface area contributed by atoms with Gasteiger partial charge in [0, 0.05) is 0 Å².